The van der Waals surface area contributed by atoms with Crippen LogP contribution >= 0.6 is 11.6 Å². The van der Waals surface area contributed by atoms with E-state index in [9.17, 15) is 4.79 Å². The molecule has 2 aromatic rings. The van der Waals surface area contributed by atoms with Crippen LogP contribution in [0.5, 0.6) is 5.75 Å². The number of rotatable bonds is 4. The zero-order valence-electron chi connectivity index (χ0n) is 12.1. The maximum atomic E-state index is 12.6. The lowest BCUT2D eigenvalue weighted by Gasteiger charge is -2.20. The molecule has 5 nitrogen and oxygen atoms in total. The van der Waals surface area contributed by atoms with Crippen LogP contribution in [0.4, 0.5) is 11.5 Å². The predicted molar refractivity (Wildman–Crippen MR) is 84.5 cm³/mol. The molecular formula is C15H16ClN3O2. The zero-order chi connectivity index (χ0) is 15.4. The average Bonchev–Trinajstić information content (AvgIpc) is 2.54. The summed E-state index contributed by atoms with van der Waals surface area (Å²) in [5, 5.41) is 3.19. The first-order valence-electron chi connectivity index (χ1n) is 6.34. The monoisotopic (exact) mass is 305 g/mol. The molecule has 110 valence electrons. The van der Waals surface area contributed by atoms with E-state index in [-0.39, 0.29) is 11.6 Å². The van der Waals surface area contributed by atoms with Crippen molar-refractivity contribution in [1.82, 2.24) is 4.98 Å². The summed E-state index contributed by atoms with van der Waals surface area (Å²) in [6, 6.07) is 10.6. The summed E-state index contributed by atoms with van der Waals surface area (Å²) in [4.78, 5) is 18.3. The van der Waals surface area contributed by atoms with E-state index in [0.717, 1.165) is 0 Å². The molecule has 0 radical (unpaired) electrons. The van der Waals surface area contributed by atoms with Gasteiger partial charge >= 0.3 is 0 Å². The summed E-state index contributed by atoms with van der Waals surface area (Å²) in [6.45, 7) is 0. The van der Waals surface area contributed by atoms with E-state index in [4.69, 9.17) is 16.3 Å². The van der Waals surface area contributed by atoms with Crippen molar-refractivity contribution in [2.24, 2.45) is 0 Å². The van der Waals surface area contributed by atoms with Crippen molar-refractivity contribution in [3.05, 3.63) is 47.1 Å². The summed E-state index contributed by atoms with van der Waals surface area (Å²) in [6.07, 6.45) is 0. The highest BCUT2D eigenvalue weighted by atomic mass is 35.5. The molecule has 0 aliphatic carbocycles. The van der Waals surface area contributed by atoms with Crippen LogP contribution in [0.3, 0.4) is 0 Å². The van der Waals surface area contributed by atoms with Gasteiger partial charge in [0, 0.05) is 14.1 Å². The number of carbonyl (C=O) groups is 1. The van der Waals surface area contributed by atoms with Gasteiger partial charge in [-0.05, 0) is 24.3 Å². The van der Waals surface area contributed by atoms with Crippen molar-refractivity contribution in [2.75, 3.05) is 31.4 Å². The lowest BCUT2D eigenvalue weighted by Crippen LogP contribution is -2.28. The number of pyridine rings is 1. The number of ether oxygens (including phenoxy) is 1. The van der Waals surface area contributed by atoms with Crippen molar-refractivity contribution in [3.8, 4) is 5.75 Å². The normalized spacial score (nSPS) is 10.1. The Morgan fingerprint density at radius 1 is 1.29 bits per heavy atom. The number of hydrogen-bond acceptors (Lipinski definition) is 4. The minimum absolute atomic E-state index is 0.192. The van der Waals surface area contributed by atoms with Crippen molar-refractivity contribution in [3.63, 3.8) is 0 Å². The van der Waals surface area contributed by atoms with Crippen molar-refractivity contribution >= 4 is 29.0 Å². The van der Waals surface area contributed by atoms with Gasteiger partial charge in [0.2, 0.25) is 0 Å². The van der Waals surface area contributed by atoms with Gasteiger partial charge in [0.1, 0.15) is 17.3 Å². The summed E-state index contributed by atoms with van der Waals surface area (Å²) >= 11 is 6.08. The third-order valence-electron chi connectivity index (χ3n) is 3.06. The fourth-order valence-corrected chi connectivity index (χ4v) is 2.09. The standard InChI is InChI=1S/C15H16ClN3O2/c1-17-13-9-8-10(16)14(18-13)15(20)19(2)11-6-4-5-7-12(11)21-3/h4-9H,1-3H3,(H,17,18). The fraction of sp³-hybridized carbons (Fsp3) is 0.200. The summed E-state index contributed by atoms with van der Waals surface area (Å²) in [5.41, 5.74) is 0.842. The number of halogens is 1. The highest BCUT2D eigenvalue weighted by Gasteiger charge is 2.20. The molecule has 1 N–H and O–H groups in total. The number of aromatic nitrogens is 1. The van der Waals surface area contributed by atoms with Crippen LogP contribution in [0.1, 0.15) is 10.5 Å². The number of nitrogens with one attached hydrogen (secondary N) is 1. The SMILES string of the molecule is CNc1ccc(Cl)c(C(=O)N(C)c2ccccc2OC)n1. The second kappa shape index (κ2) is 6.45. The van der Waals surface area contributed by atoms with Gasteiger partial charge in [0.05, 0.1) is 17.8 Å². The van der Waals surface area contributed by atoms with Crippen LogP contribution in [0.25, 0.3) is 0 Å². The first-order valence-corrected chi connectivity index (χ1v) is 6.71. The number of nitrogens with zero attached hydrogens (tertiary/aromatic N) is 2. The summed E-state index contributed by atoms with van der Waals surface area (Å²) in [5.74, 6) is 0.882. The molecule has 0 unspecified atom stereocenters. The molecule has 0 aliphatic heterocycles. The number of hydrogen-bond donors (Lipinski definition) is 1. The van der Waals surface area contributed by atoms with Crippen LogP contribution in [-0.4, -0.2) is 32.1 Å². The molecule has 0 spiro atoms. The third kappa shape index (κ3) is 3.08. The Kier molecular flexibility index (Phi) is 4.65. The maximum absolute atomic E-state index is 12.6. The highest BCUT2D eigenvalue weighted by Crippen LogP contribution is 2.28. The predicted octanol–water partition coefficient (Wildman–Crippen LogP) is 3.06. The highest BCUT2D eigenvalue weighted by molar-refractivity contribution is 6.34. The Morgan fingerprint density at radius 2 is 2.00 bits per heavy atom. The second-order valence-electron chi connectivity index (χ2n) is 4.31. The second-order valence-corrected chi connectivity index (χ2v) is 4.72. The molecule has 1 aromatic heterocycles. The van der Waals surface area contributed by atoms with Crippen LogP contribution in [0.2, 0.25) is 5.02 Å². The molecule has 0 atom stereocenters. The molecule has 2 rings (SSSR count). The first-order chi connectivity index (χ1) is 10.1. The van der Waals surface area contributed by atoms with E-state index >= 15 is 0 Å². The average molecular weight is 306 g/mol. The Balaban J connectivity index is 2.39. The van der Waals surface area contributed by atoms with Gasteiger partial charge in [-0.1, -0.05) is 23.7 Å². The number of benzene rings is 1. The minimum atomic E-state index is -0.304. The topological polar surface area (TPSA) is 54.5 Å². The Morgan fingerprint density at radius 3 is 2.67 bits per heavy atom. The fourth-order valence-electron chi connectivity index (χ4n) is 1.91. The molecule has 1 aromatic carbocycles. The molecule has 0 bridgehead atoms. The van der Waals surface area contributed by atoms with Crippen molar-refractivity contribution < 1.29 is 9.53 Å². The number of amides is 1. The Labute approximate surface area is 128 Å². The molecule has 21 heavy (non-hydrogen) atoms. The molecule has 0 fully saturated rings. The zero-order valence-corrected chi connectivity index (χ0v) is 12.8. The van der Waals surface area contributed by atoms with E-state index in [2.05, 4.69) is 10.3 Å². The van der Waals surface area contributed by atoms with Gasteiger partial charge in [-0.25, -0.2) is 4.98 Å². The van der Waals surface area contributed by atoms with Gasteiger partial charge in [-0.3, -0.25) is 4.79 Å². The molecule has 0 aliphatic rings. The van der Waals surface area contributed by atoms with Gasteiger partial charge < -0.3 is 15.0 Å². The quantitative estimate of drug-likeness (QED) is 0.943. The van der Waals surface area contributed by atoms with Crippen LogP contribution < -0.4 is 15.0 Å². The van der Waals surface area contributed by atoms with E-state index < -0.39 is 0 Å². The number of para-hydroxylation sites is 2. The molecule has 6 heteroatoms. The maximum Gasteiger partial charge on any atom is 0.278 e. The first kappa shape index (κ1) is 15.1. The van der Waals surface area contributed by atoms with Crippen molar-refractivity contribution in [1.29, 1.82) is 0 Å². The Hall–Kier alpha value is -2.27. The van der Waals surface area contributed by atoms with Crippen LogP contribution in [0, 0.1) is 0 Å². The van der Waals surface area contributed by atoms with E-state index in [0.29, 0.717) is 22.3 Å². The largest absolute Gasteiger partial charge is 0.495 e. The number of carbonyl (C=O) groups excluding carboxylic acids is 1. The third-order valence-corrected chi connectivity index (χ3v) is 3.36. The lowest BCUT2D eigenvalue weighted by atomic mass is 10.2. The molecule has 0 saturated carbocycles. The van der Waals surface area contributed by atoms with E-state index in [1.54, 1.807) is 45.5 Å². The van der Waals surface area contributed by atoms with Gasteiger partial charge in [-0.2, -0.15) is 0 Å². The number of anilines is 2. The number of methoxy groups -OCH3 is 1. The minimum Gasteiger partial charge on any atom is -0.495 e. The summed E-state index contributed by atoms with van der Waals surface area (Å²) in [7, 11) is 4.95. The molecule has 1 amide bonds. The summed E-state index contributed by atoms with van der Waals surface area (Å²) < 4.78 is 5.27. The molecule has 0 saturated heterocycles. The van der Waals surface area contributed by atoms with Gasteiger partial charge in [-0.15, -0.1) is 0 Å². The Bertz CT molecular complexity index is 661. The van der Waals surface area contributed by atoms with Gasteiger partial charge in [0.15, 0.2) is 0 Å². The smallest absolute Gasteiger partial charge is 0.278 e. The van der Waals surface area contributed by atoms with Crippen molar-refractivity contribution in [2.45, 2.75) is 0 Å². The van der Waals surface area contributed by atoms with E-state index in [1.807, 2.05) is 12.1 Å². The van der Waals surface area contributed by atoms with E-state index in [1.165, 1.54) is 4.90 Å². The lowest BCUT2D eigenvalue weighted by molar-refractivity contribution is 0.0988. The van der Waals surface area contributed by atoms with Crippen LogP contribution in [-0.2, 0) is 0 Å². The van der Waals surface area contributed by atoms with Crippen LogP contribution in [0.15, 0.2) is 36.4 Å². The van der Waals surface area contributed by atoms with Gasteiger partial charge in [0.25, 0.3) is 5.91 Å². The molecular weight excluding hydrogens is 290 g/mol. The molecule has 1 heterocycles.